The molecule has 1 aromatic heterocycles. The average Bonchev–Trinajstić information content (AvgIpc) is 2.97. The van der Waals surface area contributed by atoms with E-state index in [0.717, 1.165) is 35.1 Å². The van der Waals surface area contributed by atoms with Crippen molar-refractivity contribution in [3.05, 3.63) is 126 Å². The van der Waals surface area contributed by atoms with Gasteiger partial charge in [0.05, 0.1) is 0 Å². The summed E-state index contributed by atoms with van der Waals surface area (Å²) in [7, 11) is 0. The third-order valence-corrected chi connectivity index (χ3v) is 7.22. The quantitative estimate of drug-likeness (QED) is 0.259. The Morgan fingerprint density at radius 3 is 2.11 bits per heavy atom. The van der Waals surface area contributed by atoms with E-state index in [-0.39, 0.29) is 0 Å². The van der Waals surface area contributed by atoms with Gasteiger partial charge in [-0.25, -0.2) is 0 Å². The molecule has 7 rings (SSSR count). The van der Waals surface area contributed by atoms with Gasteiger partial charge in [-0.3, -0.25) is 4.98 Å². The van der Waals surface area contributed by atoms with Gasteiger partial charge in [0.25, 0.3) is 0 Å². The number of rotatable bonds is 4. The number of para-hydroxylation sites is 1. The summed E-state index contributed by atoms with van der Waals surface area (Å²) in [6.07, 6.45) is 10.5. The van der Waals surface area contributed by atoms with Crippen molar-refractivity contribution < 1.29 is 4.74 Å². The van der Waals surface area contributed by atoms with Crippen LogP contribution in [-0.2, 0) is 0 Å². The molecule has 0 bridgehead atoms. The fraction of sp³-hybridized carbons (Fsp3) is 0.0571. The smallest absolute Gasteiger partial charge is 0.142 e. The zero-order chi connectivity index (χ0) is 24.6. The molecule has 176 valence electrons. The molecule has 0 amide bonds. The molecule has 0 aliphatic heterocycles. The van der Waals surface area contributed by atoms with Gasteiger partial charge >= 0.3 is 0 Å². The van der Waals surface area contributed by atoms with Gasteiger partial charge in [0.1, 0.15) is 11.5 Å². The van der Waals surface area contributed by atoms with Crippen molar-refractivity contribution in [2.24, 2.45) is 0 Å². The van der Waals surface area contributed by atoms with Crippen LogP contribution in [0.1, 0.15) is 12.8 Å². The van der Waals surface area contributed by atoms with Crippen LogP contribution in [-0.4, -0.2) is 4.98 Å². The second-order valence-corrected chi connectivity index (χ2v) is 9.49. The lowest BCUT2D eigenvalue weighted by Gasteiger charge is -2.17. The largest absolute Gasteiger partial charge is 0.456 e. The Morgan fingerprint density at radius 2 is 1.27 bits per heavy atom. The van der Waals surface area contributed by atoms with Gasteiger partial charge in [0.2, 0.25) is 0 Å². The lowest BCUT2D eigenvalue weighted by atomic mass is 9.91. The molecule has 37 heavy (non-hydrogen) atoms. The van der Waals surface area contributed by atoms with Crippen LogP contribution >= 0.6 is 0 Å². The number of fused-ring (bicyclic) bond motifs is 3. The maximum Gasteiger partial charge on any atom is 0.142 e. The van der Waals surface area contributed by atoms with E-state index in [0.29, 0.717) is 0 Å². The number of aromatic nitrogens is 1. The Morgan fingerprint density at radius 1 is 0.568 bits per heavy atom. The highest BCUT2D eigenvalue weighted by Gasteiger charge is 2.16. The van der Waals surface area contributed by atoms with E-state index in [4.69, 9.17) is 4.74 Å². The minimum Gasteiger partial charge on any atom is -0.456 e. The average molecular weight is 476 g/mol. The molecule has 5 aromatic carbocycles. The Kier molecular flexibility index (Phi) is 5.29. The minimum absolute atomic E-state index is 0.842. The maximum absolute atomic E-state index is 6.51. The fourth-order valence-electron chi connectivity index (χ4n) is 5.43. The normalized spacial score (nSPS) is 12.5. The lowest BCUT2D eigenvalue weighted by Crippen LogP contribution is -2.30. The number of pyridine rings is 1. The summed E-state index contributed by atoms with van der Waals surface area (Å²) in [6, 6.07) is 36.2. The number of nitrogens with zero attached hydrogens (tertiary/aromatic N) is 1. The molecule has 0 fully saturated rings. The van der Waals surface area contributed by atoms with Crippen LogP contribution in [0.5, 0.6) is 11.5 Å². The Balaban J connectivity index is 1.39. The van der Waals surface area contributed by atoms with Crippen LogP contribution in [0.4, 0.5) is 0 Å². The summed E-state index contributed by atoms with van der Waals surface area (Å²) in [5.74, 6) is 1.75. The summed E-state index contributed by atoms with van der Waals surface area (Å²) < 4.78 is 6.51. The number of hydrogen-bond donors (Lipinski definition) is 0. The zero-order valence-corrected chi connectivity index (χ0v) is 20.4. The van der Waals surface area contributed by atoms with Gasteiger partial charge < -0.3 is 4.74 Å². The second-order valence-electron chi connectivity index (χ2n) is 9.49. The third kappa shape index (κ3) is 3.88. The molecular weight excluding hydrogens is 450 g/mol. The monoisotopic (exact) mass is 475 g/mol. The molecule has 0 unspecified atom stereocenters. The first kappa shape index (κ1) is 21.6. The van der Waals surface area contributed by atoms with Crippen molar-refractivity contribution in [2.75, 3.05) is 0 Å². The van der Waals surface area contributed by atoms with Crippen LogP contribution in [0.15, 0.2) is 116 Å². The predicted molar refractivity (Wildman–Crippen MR) is 154 cm³/mol. The van der Waals surface area contributed by atoms with Gasteiger partial charge in [-0.2, -0.15) is 0 Å². The van der Waals surface area contributed by atoms with Gasteiger partial charge in [-0.15, -0.1) is 0 Å². The van der Waals surface area contributed by atoms with E-state index in [2.05, 4.69) is 89.9 Å². The first-order valence-electron chi connectivity index (χ1n) is 12.8. The highest BCUT2D eigenvalue weighted by molar-refractivity contribution is 6.01. The zero-order valence-electron chi connectivity index (χ0n) is 20.4. The molecule has 0 atom stereocenters. The predicted octanol–water partition coefficient (Wildman–Crippen LogP) is 7.87. The molecule has 0 saturated heterocycles. The van der Waals surface area contributed by atoms with E-state index in [1.165, 1.54) is 43.5 Å². The highest BCUT2D eigenvalue weighted by atomic mass is 16.5. The molecule has 0 saturated carbocycles. The Hall–Kier alpha value is -4.69. The summed E-state index contributed by atoms with van der Waals surface area (Å²) in [4.78, 5) is 4.51. The van der Waals surface area contributed by atoms with Crippen molar-refractivity contribution in [3.63, 3.8) is 0 Å². The van der Waals surface area contributed by atoms with Crippen molar-refractivity contribution in [1.82, 2.24) is 4.98 Å². The second kappa shape index (κ2) is 9.07. The molecule has 1 aliphatic carbocycles. The van der Waals surface area contributed by atoms with Crippen LogP contribution in [0.25, 0.3) is 56.0 Å². The van der Waals surface area contributed by atoms with Gasteiger partial charge in [-0.05, 0) is 75.4 Å². The van der Waals surface area contributed by atoms with Crippen molar-refractivity contribution in [3.8, 4) is 33.8 Å². The molecule has 0 radical (unpaired) electrons. The molecule has 2 heteroatoms. The number of ether oxygens (including phenoxy) is 1. The van der Waals surface area contributed by atoms with Crippen molar-refractivity contribution in [1.29, 1.82) is 0 Å². The maximum atomic E-state index is 6.51. The molecule has 0 spiro atoms. The van der Waals surface area contributed by atoms with E-state index in [1.807, 2.05) is 42.7 Å². The van der Waals surface area contributed by atoms with Crippen LogP contribution in [0, 0.1) is 0 Å². The number of hydrogen-bond acceptors (Lipinski definition) is 2. The van der Waals surface area contributed by atoms with Crippen LogP contribution in [0.3, 0.4) is 0 Å². The standard InChI is InChI=1S/C35H25NO/c1-2-10-29(11-3-1)37-35-31-13-7-6-12-30(31)34(33-23-36-21-20-32(33)35)26-17-14-25(15-18-26)28-19-16-24-8-4-5-9-27(24)22-28/h1-5,8-23H,6-7H2. The molecule has 1 heterocycles. The van der Waals surface area contributed by atoms with Gasteiger partial charge in [-0.1, -0.05) is 91.0 Å². The van der Waals surface area contributed by atoms with Crippen LogP contribution < -0.4 is 15.2 Å². The van der Waals surface area contributed by atoms with E-state index >= 15 is 0 Å². The summed E-state index contributed by atoms with van der Waals surface area (Å²) >= 11 is 0. The van der Waals surface area contributed by atoms with Crippen molar-refractivity contribution >= 4 is 33.7 Å². The minimum atomic E-state index is 0.842. The summed E-state index contributed by atoms with van der Waals surface area (Å²) in [5.41, 5.74) is 4.85. The molecule has 0 N–H and O–H groups in total. The lowest BCUT2D eigenvalue weighted by molar-refractivity contribution is 0.483. The summed E-state index contributed by atoms with van der Waals surface area (Å²) in [5, 5.41) is 7.11. The molecule has 2 nitrogen and oxygen atoms in total. The van der Waals surface area contributed by atoms with Crippen molar-refractivity contribution in [2.45, 2.75) is 12.8 Å². The highest BCUT2D eigenvalue weighted by Crippen LogP contribution is 2.33. The van der Waals surface area contributed by atoms with Crippen LogP contribution in [0.2, 0.25) is 0 Å². The fourth-order valence-corrected chi connectivity index (χ4v) is 5.43. The molecular formula is C35H25NO. The molecule has 6 aromatic rings. The third-order valence-electron chi connectivity index (χ3n) is 7.22. The topological polar surface area (TPSA) is 22.1 Å². The summed E-state index contributed by atoms with van der Waals surface area (Å²) in [6.45, 7) is 0. The number of benzene rings is 5. The van der Waals surface area contributed by atoms with E-state index in [1.54, 1.807) is 0 Å². The SMILES string of the molecule is C1=c2c(Oc3ccccc3)c3ccncc3c(-c3ccc(-c4ccc5ccccc5c4)cc3)c2=CCC1. The molecule has 1 aliphatic rings. The van der Waals surface area contributed by atoms with Gasteiger partial charge in [0.15, 0.2) is 0 Å². The Bertz CT molecular complexity index is 1890. The Labute approximate surface area is 215 Å². The van der Waals surface area contributed by atoms with Gasteiger partial charge in [0, 0.05) is 28.4 Å². The van der Waals surface area contributed by atoms with E-state index < -0.39 is 0 Å². The van der Waals surface area contributed by atoms with E-state index in [9.17, 15) is 0 Å². The first-order valence-corrected chi connectivity index (χ1v) is 12.8. The first-order chi connectivity index (χ1) is 18.3.